The normalized spacial score (nSPS) is 13.9. The van der Waals surface area contributed by atoms with Crippen LogP contribution in [0.3, 0.4) is 0 Å². The summed E-state index contributed by atoms with van der Waals surface area (Å²) in [6.45, 7) is 3.85. The molecule has 1 aliphatic heterocycles. The molecule has 16 heavy (non-hydrogen) atoms. The molecule has 0 spiro atoms. The molecule has 3 rings (SSSR count). The summed E-state index contributed by atoms with van der Waals surface area (Å²) < 4.78 is 0. The lowest BCUT2D eigenvalue weighted by Gasteiger charge is -2.15. The minimum atomic E-state index is 0.939. The van der Waals surface area contributed by atoms with E-state index < -0.39 is 0 Å². The predicted molar refractivity (Wildman–Crippen MR) is 63.1 cm³/mol. The highest BCUT2D eigenvalue weighted by Crippen LogP contribution is 2.26. The average molecular weight is 211 g/mol. The lowest BCUT2D eigenvalue weighted by Crippen LogP contribution is -2.16. The Kier molecular flexibility index (Phi) is 2.10. The van der Waals surface area contributed by atoms with E-state index in [4.69, 9.17) is 0 Å². The monoisotopic (exact) mass is 211 g/mol. The Balaban J connectivity index is 1.91. The van der Waals surface area contributed by atoms with Gasteiger partial charge in [0, 0.05) is 19.3 Å². The van der Waals surface area contributed by atoms with Crippen LogP contribution in [0.2, 0.25) is 0 Å². The molecule has 2 heterocycles. The van der Waals surface area contributed by atoms with Gasteiger partial charge < -0.3 is 4.90 Å². The second kappa shape index (κ2) is 3.59. The molecule has 0 atom stereocenters. The lowest BCUT2D eigenvalue weighted by molar-refractivity contribution is 0.844. The van der Waals surface area contributed by atoms with Gasteiger partial charge in [0.05, 0.1) is 11.9 Å². The molecule has 80 valence electrons. The van der Waals surface area contributed by atoms with Crippen LogP contribution in [0.15, 0.2) is 36.7 Å². The number of aryl methyl sites for hydroxylation is 1. The van der Waals surface area contributed by atoms with Gasteiger partial charge in [0.2, 0.25) is 0 Å². The molecule has 0 N–H and O–H groups in total. The summed E-state index contributed by atoms with van der Waals surface area (Å²) >= 11 is 0. The van der Waals surface area contributed by atoms with Crippen LogP contribution in [-0.2, 0) is 13.1 Å². The highest BCUT2D eigenvalue weighted by molar-refractivity contribution is 5.45. The van der Waals surface area contributed by atoms with Crippen LogP contribution < -0.4 is 4.90 Å². The van der Waals surface area contributed by atoms with Crippen molar-refractivity contribution in [2.45, 2.75) is 20.0 Å². The predicted octanol–water partition coefficient (Wildman–Crippen LogP) is 2.31. The smallest absolute Gasteiger partial charge is 0.147 e. The van der Waals surface area contributed by atoms with Crippen molar-refractivity contribution in [2.24, 2.45) is 0 Å². The summed E-state index contributed by atoms with van der Waals surface area (Å²) in [5.74, 6) is 0.969. The van der Waals surface area contributed by atoms with Crippen molar-refractivity contribution in [1.82, 2.24) is 9.97 Å². The number of rotatable bonds is 1. The van der Waals surface area contributed by atoms with E-state index in [0.717, 1.165) is 24.6 Å². The fourth-order valence-electron chi connectivity index (χ4n) is 2.10. The van der Waals surface area contributed by atoms with Gasteiger partial charge in [-0.05, 0) is 18.1 Å². The molecule has 0 saturated carbocycles. The third-order valence-electron chi connectivity index (χ3n) is 2.91. The van der Waals surface area contributed by atoms with Gasteiger partial charge in [0.15, 0.2) is 0 Å². The van der Waals surface area contributed by atoms with Gasteiger partial charge in [-0.2, -0.15) is 0 Å². The Morgan fingerprint density at radius 2 is 1.75 bits per heavy atom. The third kappa shape index (κ3) is 1.54. The number of fused-ring (bicyclic) bond motifs is 1. The SMILES string of the molecule is Cc1cncc(N2Cc3ccccc3C2)n1. The largest absolute Gasteiger partial charge is 0.347 e. The second-order valence-electron chi connectivity index (χ2n) is 4.14. The maximum absolute atomic E-state index is 4.50. The number of benzene rings is 1. The van der Waals surface area contributed by atoms with Gasteiger partial charge in [0.1, 0.15) is 5.82 Å². The molecule has 0 fully saturated rings. The van der Waals surface area contributed by atoms with Crippen LogP contribution in [0.4, 0.5) is 5.82 Å². The van der Waals surface area contributed by atoms with Gasteiger partial charge in [-0.3, -0.25) is 4.98 Å². The number of anilines is 1. The summed E-state index contributed by atoms with van der Waals surface area (Å²) in [4.78, 5) is 10.9. The van der Waals surface area contributed by atoms with Crippen molar-refractivity contribution in [3.8, 4) is 0 Å². The highest BCUT2D eigenvalue weighted by atomic mass is 15.2. The summed E-state index contributed by atoms with van der Waals surface area (Å²) in [6.07, 6.45) is 3.62. The quantitative estimate of drug-likeness (QED) is 0.724. The molecule has 0 radical (unpaired) electrons. The summed E-state index contributed by atoms with van der Waals surface area (Å²) in [6, 6.07) is 8.53. The minimum Gasteiger partial charge on any atom is -0.347 e. The molecular weight excluding hydrogens is 198 g/mol. The molecule has 2 aromatic rings. The van der Waals surface area contributed by atoms with Crippen molar-refractivity contribution in [2.75, 3.05) is 4.90 Å². The van der Waals surface area contributed by atoms with Crippen molar-refractivity contribution in [3.05, 3.63) is 53.5 Å². The van der Waals surface area contributed by atoms with Crippen LogP contribution in [-0.4, -0.2) is 9.97 Å². The average Bonchev–Trinajstić information content (AvgIpc) is 2.72. The molecule has 1 aliphatic rings. The fraction of sp³-hybridized carbons (Fsp3) is 0.231. The number of nitrogens with zero attached hydrogens (tertiary/aromatic N) is 3. The summed E-state index contributed by atoms with van der Waals surface area (Å²) in [5, 5.41) is 0. The molecule has 3 heteroatoms. The van der Waals surface area contributed by atoms with Gasteiger partial charge >= 0.3 is 0 Å². The summed E-state index contributed by atoms with van der Waals surface area (Å²) in [7, 11) is 0. The van der Waals surface area contributed by atoms with E-state index in [-0.39, 0.29) is 0 Å². The Bertz CT molecular complexity index is 497. The molecular formula is C13H13N3. The van der Waals surface area contributed by atoms with E-state index in [2.05, 4.69) is 39.1 Å². The first-order valence-electron chi connectivity index (χ1n) is 5.43. The molecule has 1 aromatic heterocycles. The van der Waals surface area contributed by atoms with Gasteiger partial charge in [0.25, 0.3) is 0 Å². The first kappa shape index (κ1) is 9.33. The first-order valence-corrected chi connectivity index (χ1v) is 5.43. The van der Waals surface area contributed by atoms with Gasteiger partial charge in [-0.25, -0.2) is 4.98 Å². The van der Waals surface area contributed by atoms with E-state index >= 15 is 0 Å². The van der Waals surface area contributed by atoms with Crippen LogP contribution in [0.5, 0.6) is 0 Å². The fourth-order valence-corrected chi connectivity index (χ4v) is 2.10. The lowest BCUT2D eigenvalue weighted by atomic mass is 10.1. The molecule has 1 aromatic carbocycles. The van der Waals surface area contributed by atoms with Crippen LogP contribution in [0, 0.1) is 6.92 Å². The third-order valence-corrected chi connectivity index (χ3v) is 2.91. The zero-order valence-corrected chi connectivity index (χ0v) is 9.22. The van der Waals surface area contributed by atoms with Crippen molar-refractivity contribution in [1.29, 1.82) is 0 Å². The first-order chi connectivity index (χ1) is 7.83. The van der Waals surface area contributed by atoms with E-state index in [0.29, 0.717) is 0 Å². The van der Waals surface area contributed by atoms with E-state index in [1.54, 1.807) is 6.20 Å². The molecule has 3 nitrogen and oxygen atoms in total. The molecule has 0 unspecified atom stereocenters. The van der Waals surface area contributed by atoms with Crippen LogP contribution in [0.1, 0.15) is 16.8 Å². The van der Waals surface area contributed by atoms with Crippen molar-refractivity contribution >= 4 is 5.82 Å². The standard InChI is InChI=1S/C13H13N3/c1-10-6-14-7-13(15-10)16-8-11-4-2-3-5-12(11)9-16/h2-7H,8-9H2,1H3. The van der Waals surface area contributed by atoms with E-state index in [1.165, 1.54) is 11.1 Å². The summed E-state index contributed by atoms with van der Waals surface area (Å²) in [5.41, 5.74) is 3.75. The Hall–Kier alpha value is -1.90. The maximum Gasteiger partial charge on any atom is 0.147 e. The molecule has 0 saturated heterocycles. The Morgan fingerprint density at radius 3 is 2.38 bits per heavy atom. The number of aromatic nitrogens is 2. The van der Waals surface area contributed by atoms with E-state index in [9.17, 15) is 0 Å². The van der Waals surface area contributed by atoms with Crippen molar-refractivity contribution < 1.29 is 0 Å². The Labute approximate surface area is 94.8 Å². The van der Waals surface area contributed by atoms with Crippen LogP contribution >= 0.6 is 0 Å². The molecule has 0 amide bonds. The Morgan fingerprint density at radius 1 is 1.06 bits per heavy atom. The number of hydrogen-bond acceptors (Lipinski definition) is 3. The van der Waals surface area contributed by atoms with E-state index in [1.807, 2.05) is 13.1 Å². The zero-order chi connectivity index (χ0) is 11.0. The highest BCUT2D eigenvalue weighted by Gasteiger charge is 2.19. The van der Waals surface area contributed by atoms with Gasteiger partial charge in [-0.15, -0.1) is 0 Å². The minimum absolute atomic E-state index is 0.939. The molecule has 0 bridgehead atoms. The van der Waals surface area contributed by atoms with Crippen molar-refractivity contribution in [3.63, 3.8) is 0 Å². The zero-order valence-electron chi connectivity index (χ0n) is 9.22. The number of hydrogen-bond donors (Lipinski definition) is 0. The van der Waals surface area contributed by atoms with Crippen LogP contribution in [0.25, 0.3) is 0 Å². The van der Waals surface area contributed by atoms with Gasteiger partial charge in [-0.1, -0.05) is 24.3 Å². The molecule has 0 aliphatic carbocycles. The second-order valence-corrected chi connectivity index (χ2v) is 4.14. The topological polar surface area (TPSA) is 29.0 Å². The maximum atomic E-state index is 4.50.